The van der Waals surface area contributed by atoms with E-state index in [9.17, 15) is 9.36 Å². The second-order valence-electron chi connectivity index (χ2n) is 2.11. The molecule has 1 N–H and O–H groups in total. The van der Waals surface area contributed by atoms with Gasteiger partial charge in [-0.1, -0.05) is 0 Å². The summed E-state index contributed by atoms with van der Waals surface area (Å²) in [5, 5.41) is 8.05. The summed E-state index contributed by atoms with van der Waals surface area (Å²) in [6, 6.07) is 0. The van der Waals surface area contributed by atoms with Gasteiger partial charge in [0.05, 0.1) is 6.42 Å². The molecule has 0 aliphatic rings. The van der Waals surface area contributed by atoms with Gasteiger partial charge in [-0.3, -0.25) is 4.79 Å². The number of aliphatic carboxylic acids is 1. The lowest BCUT2D eigenvalue weighted by molar-refractivity contribution is -0.137. The maximum Gasteiger partial charge on any atom is 0.504 e. The zero-order valence-electron chi connectivity index (χ0n) is 8.56. The molecule has 0 rings (SSSR count). The van der Waals surface area contributed by atoms with Crippen molar-refractivity contribution >= 4 is 24.0 Å². The standard InChI is InChI=1S/C4H7O4P.C2H8O2Si/c1-9(7)8-3-2-4(5)6;1-3-5-4-2/h2-3H2,1H3;5H2,1-2H3/p+1. The fraction of sp³-hybridized carbons (Fsp3) is 0.833. The van der Waals surface area contributed by atoms with Crippen LogP contribution in [0.25, 0.3) is 0 Å². The molecule has 6 nitrogen and oxygen atoms in total. The minimum absolute atomic E-state index is 0.0288. The van der Waals surface area contributed by atoms with E-state index >= 15 is 0 Å². The fourth-order valence-electron chi connectivity index (χ4n) is 0.379. The van der Waals surface area contributed by atoms with Crippen LogP contribution in [-0.4, -0.2) is 48.6 Å². The number of rotatable bonds is 6. The van der Waals surface area contributed by atoms with Crippen molar-refractivity contribution in [3.63, 3.8) is 0 Å². The van der Waals surface area contributed by atoms with Gasteiger partial charge in [-0.05, 0) is 4.57 Å². The third-order valence-electron chi connectivity index (χ3n) is 0.825. The minimum Gasteiger partial charge on any atom is -0.481 e. The van der Waals surface area contributed by atoms with Gasteiger partial charge in [0.25, 0.3) is 0 Å². The van der Waals surface area contributed by atoms with Crippen LogP contribution < -0.4 is 0 Å². The van der Waals surface area contributed by atoms with Crippen LogP contribution in [0.5, 0.6) is 0 Å². The Hall–Kier alpha value is -0.333. The molecule has 1 unspecified atom stereocenters. The van der Waals surface area contributed by atoms with Gasteiger partial charge < -0.3 is 14.0 Å². The summed E-state index contributed by atoms with van der Waals surface area (Å²) < 4.78 is 23.9. The van der Waals surface area contributed by atoms with Gasteiger partial charge in [0.15, 0.2) is 6.66 Å². The van der Waals surface area contributed by atoms with Crippen LogP contribution in [0.1, 0.15) is 6.42 Å². The lowest BCUT2D eigenvalue weighted by Crippen LogP contribution is -1.98. The fourth-order valence-corrected chi connectivity index (χ4v) is 0.963. The Kier molecular flexibility index (Phi) is 14.6. The highest BCUT2D eigenvalue weighted by atomic mass is 31.1. The first-order chi connectivity index (χ1) is 6.54. The summed E-state index contributed by atoms with van der Waals surface area (Å²) in [5.74, 6) is -0.938. The van der Waals surface area contributed by atoms with E-state index in [0.29, 0.717) is 0 Å². The molecular weight excluding hydrogens is 227 g/mol. The van der Waals surface area contributed by atoms with Crippen molar-refractivity contribution in [1.82, 2.24) is 0 Å². The highest BCUT2D eigenvalue weighted by Crippen LogP contribution is 2.14. The first-order valence-corrected chi connectivity index (χ1v) is 6.56. The summed E-state index contributed by atoms with van der Waals surface area (Å²) in [5.41, 5.74) is 0. The van der Waals surface area contributed by atoms with Crippen LogP contribution in [0.2, 0.25) is 0 Å². The predicted molar refractivity (Wildman–Crippen MR) is 54.3 cm³/mol. The van der Waals surface area contributed by atoms with Crippen molar-refractivity contribution in [2.24, 2.45) is 0 Å². The van der Waals surface area contributed by atoms with Crippen molar-refractivity contribution in [2.45, 2.75) is 6.42 Å². The number of hydrogen-bond acceptors (Lipinski definition) is 5. The molecular formula is C6H16O6PSi+. The van der Waals surface area contributed by atoms with E-state index < -0.39 is 24.0 Å². The van der Waals surface area contributed by atoms with Crippen LogP contribution in [-0.2, 0) is 22.7 Å². The van der Waals surface area contributed by atoms with Gasteiger partial charge in [-0.25, -0.2) is 0 Å². The van der Waals surface area contributed by atoms with Crippen LogP contribution in [0.4, 0.5) is 0 Å². The van der Waals surface area contributed by atoms with Gasteiger partial charge >= 0.3 is 24.0 Å². The van der Waals surface area contributed by atoms with Gasteiger partial charge in [0, 0.05) is 14.2 Å². The van der Waals surface area contributed by atoms with E-state index in [1.54, 1.807) is 14.2 Å². The van der Waals surface area contributed by atoms with E-state index in [1.807, 2.05) is 0 Å². The molecule has 0 aliphatic heterocycles. The Balaban J connectivity index is 0. The average molecular weight is 243 g/mol. The van der Waals surface area contributed by atoms with Crippen LogP contribution in [0, 0.1) is 0 Å². The lowest BCUT2D eigenvalue weighted by atomic mass is 10.5. The molecule has 0 spiro atoms. The topological polar surface area (TPSA) is 82.1 Å². The van der Waals surface area contributed by atoms with E-state index in [0.717, 1.165) is 0 Å². The largest absolute Gasteiger partial charge is 0.504 e. The van der Waals surface area contributed by atoms with Crippen molar-refractivity contribution in [1.29, 1.82) is 0 Å². The normalized spacial score (nSPS) is 10.1. The molecule has 0 aromatic heterocycles. The molecule has 8 heteroatoms. The SMILES string of the molecule is CO[SiH2]OC.C[P+](=O)OCCC(=O)O. The smallest absolute Gasteiger partial charge is 0.481 e. The Labute approximate surface area is 86.5 Å². The Morgan fingerprint density at radius 2 is 1.93 bits per heavy atom. The molecule has 0 aliphatic carbocycles. The Bertz CT molecular complexity index is 148. The maximum atomic E-state index is 10.2. The number of carboxylic acid groups (broad SMARTS) is 1. The summed E-state index contributed by atoms with van der Waals surface area (Å²) in [6.45, 7) is 1.41. The molecule has 0 fully saturated rings. The molecule has 14 heavy (non-hydrogen) atoms. The molecule has 0 heterocycles. The van der Waals surface area contributed by atoms with E-state index in [2.05, 4.69) is 13.4 Å². The molecule has 0 aromatic carbocycles. The predicted octanol–water partition coefficient (Wildman–Crippen LogP) is 0.128. The minimum atomic E-state index is -1.64. The summed E-state index contributed by atoms with van der Waals surface area (Å²) in [4.78, 5) is 9.81. The summed E-state index contributed by atoms with van der Waals surface area (Å²) in [6.07, 6.45) is -0.0884. The molecule has 0 bridgehead atoms. The number of carbonyl (C=O) groups is 1. The molecule has 1 atom stereocenters. The third kappa shape index (κ3) is 22.6. The zero-order valence-corrected chi connectivity index (χ0v) is 10.9. The summed E-state index contributed by atoms with van der Waals surface area (Å²) in [7, 11) is 1.08. The monoisotopic (exact) mass is 243 g/mol. The lowest BCUT2D eigenvalue weighted by Gasteiger charge is -1.86. The Morgan fingerprint density at radius 3 is 2.14 bits per heavy atom. The second kappa shape index (κ2) is 12.7. The quantitative estimate of drug-likeness (QED) is 0.527. The second-order valence-corrected chi connectivity index (χ2v) is 4.64. The molecule has 0 aromatic rings. The molecule has 84 valence electrons. The first kappa shape index (κ1) is 16.1. The number of hydrogen-bond donors (Lipinski definition) is 1. The van der Waals surface area contributed by atoms with Crippen LogP contribution >= 0.6 is 8.03 Å². The molecule has 0 amide bonds. The highest BCUT2D eigenvalue weighted by molar-refractivity contribution is 7.38. The maximum absolute atomic E-state index is 10.2. The van der Waals surface area contributed by atoms with Gasteiger partial charge in [-0.2, -0.15) is 0 Å². The van der Waals surface area contributed by atoms with E-state index in [1.165, 1.54) is 6.66 Å². The van der Waals surface area contributed by atoms with E-state index in [4.69, 9.17) is 5.11 Å². The van der Waals surface area contributed by atoms with E-state index in [-0.39, 0.29) is 13.0 Å². The van der Waals surface area contributed by atoms with Crippen molar-refractivity contribution in [2.75, 3.05) is 27.5 Å². The van der Waals surface area contributed by atoms with Crippen LogP contribution in [0.15, 0.2) is 0 Å². The van der Waals surface area contributed by atoms with Crippen molar-refractivity contribution in [3.8, 4) is 0 Å². The van der Waals surface area contributed by atoms with Gasteiger partial charge in [0.2, 0.25) is 0 Å². The average Bonchev–Trinajstić information content (AvgIpc) is 2.05. The van der Waals surface area contributed by atoms with Crippen molar-refractivity contribution in [3.05, 3.63) is 0 Å². The van der Waals surface area contributed by atoms with Gasteiger partial charge in [-0.15, -0.1) is 4.52 Å². The molecule has 0 saturated heterocycles. The first-order valence-electron chi connectivity index (χ1n) is 3.78. The zero-order chi connectivity index (χ0) is 11.4. The third-order valence-corrected chi connectivity index (χ3v) is 1.84. The Morgan fingerprint density at radius 1 is 1.43 bits per heavy atom. The molecule has 0 saturated carbocycles. The summed E-state index contributed by atoms with van der Waals surface area (Å²) >= 11 is 0. The molecule has 0 radical (unpaired) electrons. The highest BCUT2D eigenvalue weighted by Gasteiger charge is 2.07. The van der Waals surface area contributed by atoms with Crippen LogP contribution in [0.3, 0.4) is 0 Å². The van der Waals surface area contributed by atoms with Crippen molar-refractivity contribution < 1.29 is 27.8 Å². The van der Waals surface area contributed by atoms with Gasteiger partial charge in [0.1, 0.15) is 6.61 Å². The number of carboxylic acids is 1.